The quantitative estimate of drug-likeness (QED) is 0.519. The minimum Gasteiger partial charge on any atom is -0.494 e. The van der Waals surface area contributed by atoms with E-state index in [2.05, 4.69) is 15.4 Å². The number of ether oxygens (including phenoxy) is 2. The number of rotatable bonds is 6. The van der Waals surface area contributed by atoms with Crippen molar-refractivity contribution in [1.82, 2.24) is 14.6 Å². The Labute approximate surface area is 172 Å². The summed E-state index contributed by atoms with van der Waals surface area (Å²) in [6.07, 6.45) is 1.59. The Kier molecular flexibility index (Phi) is 5.30. The molecule has 0 atom stereocenters. The van der Waals surface area contributed by atoms with Crippen LogP contribution in [0.1, 0.15) is 17.4 Å². The Morgan fingerprint density at radius 3 is 2.63 bits per heavy atom. The van der Waals surface area contributed by atoms with E-state index < -0.39 is 5.82 Å². The molecule has 30 heavy (non-hydrogen) atoms. The number of methoxy groups -OCH3 is 1. The largest absolute Gasteiger partial charge is 0.494 e. The van der Waals surface area contributed by atoms with Gasteiger partial charge >= 0.3 is 0 Å². The Morgan fingerprint density at radius 1 is 1.13 bits per heavy atom. The number of hydrogen-bond donors (Lipinski definition) is 1. The number of hydrogen-bond acceptors (Lipinski definition) is 5. The SMILES string of the molecule is CCOc1ccc(NC(=O)c2cc3nccc(-c4ccc(OC)c(F)c4)n3n2)cc1. The minimum absolute atomic E-state index is 0.153. The van der Waals surface area contributed by atoms with Gasteiger partial charge in [0.15, 0.2) is 22.9 Å². The van der Waals surface area contributed by atoms with Gasteiger partial charge in [-0.2, -0.15) is 5.10 Å². The van der Waals surface area contributed by atoms with Gasteiger partial charge in [-0.1, -0.05) is 0 Å². The van der Waals surface area contributed by atoms with Crippen LogP contribution in [0.15, 0.2) is 60.8 Å². The van der Waals surface area contributed by atoms with Crippen molar-refractivity contribution in [3.63, 3.8) is 0 Å². The summed E-state index contributed by atoms with van der Waals surface area (Å²) in [5.74, 6) is 0.0147. The molecule has 4 aromatic rings. The maximum Gasteiger partial charge on any atom is 0.276 e. The van der Waals surface area contributed by atoms with Gasteiger partial charge in [-0.3, -0.25) is 4.79 Å². The van der Waals surface area contributed by atoms with Crippen LogP contribution in [0.2, 0.25) is 0 Å². The molecular formula is C22H19FN4O3. The smallest absolute Gasteiger partial charge is 0.276 e. The van der Waals surface area contributed by atoms with Crippen LogP contribution in [-0.2, 0) is 0 Å². The van der Waals surface area contributed by atoms with Crippen LogP contribution < -0.4 is 14.8 Å². The maximum atomic E-state index is 14.1. The second-order valence-corrected chi connectivity index (χ2v) is 6.39. The van der Waals surface area contributed by atoms with Crippen molar-refractivity contribution >= 4 is 17.2 Å². The van der Waals surface area contributed by atoms with Crippen LogP contribution in [0, 0.1) is 5.82 Å². The zero-order valence-corrected chi connectivity index (χ0v) is 16.4. The third kappa shape index (κ3) is 3.80. The van der Waals surface area contributed by atoms with Crippen LogP contribution >= 0.6 is 0 Å². The number of benzene rings is 2. The number of nitrogens with zero attached hydrogens (tertiary/aromatic N) is 3. The van der Waals surface area contributed by atoms with Gasteiger partial charge in [0.25, 0.3) is 5.91 Å². The molecule has 0 unspecified atom stereocenters. The molecule has 2 aromatic heterocycles. The molecule has 0 spiro atoms. The highest BCUT2D eigenvalue weighted by atomic mass is 19.1. The highest BCUT2D eigenvalue weighted by Gasteiger charge is 2.15. The molecule has 0 aliphatic heterocycles. The fourth-order valence-electron chi connectivity index (χ4n) is 3.05. The number of aromatic nitrogens is 3. The van der Waals surface area contributed by atoms with Crippen LogP contribution in [0.5, 0.6) is 11.5 Å². The average molecular weight is 406 g/mol. The fourth-order valence-corrected chi connectivity index (χ4v) is 3.05. The number of anilines is 1. The van der Waals surface area contributed by atoms with Crippen LogP contribution in [0.4, 0.5) is 10.1 Å². The van der Waals surface area contributed by atoms with E-state index in [9.17, 15) is 9.18 Å². The second kappa shape index (κ2) is 8.20. The number of halogens is 1. The standard InChI is InChI=1S/C22H19FN4O3/c1-3-30-16-7-5-15(6-8-16)25-22(28)18-13-21-24-11-10-19(27(21)26-18)14-4-9-20(29-2)17(23)12-14/h4-13H,3H2,1-2H3,(H,25,28). The molecule has 7 nitrogen and oxygen atoms in total. The summed E-state index contributed by atoms with van der Waals surface area (Å²) < 4.78 is 26.0. The molecule has 0 radical (unpaired) electrons. The molecule has 1 amide bonds. The van der Waals surface area contributed by atoms with Crippen molar-refractivity contribution in [3.8, 4) is 22.8 Å². The van der Waals surface area contributed by atoms with E-state index in [4.69, 9.17) is 9.47 Å². The first-order chi connectivity index (χ1) is 14.6. The van der Waals surface area contributed by atoms with Gasteiger partial charge < -0.3 is 14.8 Å². The topological polar surface area (TPSA) is 77.8 Å². The van der Waals surface area contributed by atoms with E-state index in [1.807, 2.05) is 6.92 Å². The second-order valence-electron chi connectivity index (χ2n) is 6.39. The molecule has 0 saturated heterocycles. The van der Waals surface area contributed by atoms with Gasteiger partial charge in [0, 0.05) is 23.5 Å². The van der Waals surface area contributed by atoms with E-state index >= 15 is 0 Å². The summed E-state index contributed by atoms with van der Waals surface area (Å²) in [7, 11) is 1.41. The third-order valence-electron chi connectivity index (χ3n) is 4.46. The molecule has 2 aromatic carbocycles. The summed E-state index contributed by atoms with van der Waals surface area (Å²) >= 11 is 0. The molecule has 0 saturated carbocycles. The van der Waals surface area contributed by atoms with E-state index in [0.29, 0.717) is 29.2 Å². The molecule has 4 rings (SSSR count). The van der Waals surface area contributed by atoms with Gasteiger partial charge in [-0.25, -0.2) is 13.9 Å². The number of amides is 1. The van der Waals surface area contributed by atoms with Crippen LogP contribution in [0.25, 0.3) is 16.9 Å². The van der Waals surface area contributed by atoms with Gasteiger partial charge in [0.2, 0.25) is 0 Å². The van der Waals surface area contributed by atoms with Gasteiger partial charge in [0.05, 0.1) is 19.4 Å². The predicted octanol–water partition coefficient (Wildman–Crippen LogP) is 4.20. The Balaban J connectivity index is 1.62. The number of fused-ring (bicyclic) bond motifs is 1. The Hall–Kier alpha value is -3.94. The van der Waals surface area contributed by atoms with Gasteiger partial charge in [-0.15, -0.1) is 0 Å². The third-order valence-corrected chi connectivity index (χ3v) is 4.46. The zero-order valence-electron chi connectivity index (χ0n) is 16.4. The van der Waals surface area contributed by atoms with Crippen molar-refractivity contribution in [2.75, 3.05) is 19.0 Å². The molecule has 0 aliphatic rings. The Morgan fingerprint density at radius 2 is 1.93 bits per heavy atom. The lowest BCUT2D eigenvalue weighted by Crippen LogP contribution is -2.12. The molecule has 0 fully saturated rings. The van der Waals surface area contributed by atoms with Gasteiger partial charge in [-0.05, 0) is 55.5 Å². The van der Waals surface area contributed by atoms with Crippen molar-refractivity contribution < 1.29 is 18.7 Å². The van der Waals surface area contributed by atoms with Crippen molar-refractivity contribution in [2.45, 2.75) is 6.92 Å². The monoisotopic (exact) mass is 406 g/mol. The molecule has 0 bridgehead atoms. The summed E-state index contributed by atoms with van der Waals surface area (Å²) in [6, 6.07) is 15.0. The molecule has 152 valence electrons. The molecule has 1 N–H and O–H groups in total. The highest BCUT2D eigenvalue weighted by molar-refractivity contribution is 6.03. The summed E-state index contributed by atoms with van der Waals surface area (Å²) in [6.45, 7) is 2.47. The van der Waals surface area contributed by atoms with Gasteiger partial charge in [0.1, 0.15) is 5.75 Å². The normalized spacial score (nSPS) is 10.8. The maximum absolute atomic E-state index is 14.1. The lowest BCUT2D eigenvalue weighted by molar-refractivity contribution is 0.102. The summed E-state index contributed by atoms with van der Waals surface area (Å²) in [5.41, 5.74) is 2.47. The first kappa shape index (κ1) is 19.4. The van der Waals surface area contributed by atoms with Crippen molar-refractivity contribution in [2.24, 2.45) is 0 Å². The number of nitrogens with one attached hydrogen (secondary N) is 1. The van der Waals surface area contributed by atoms with Crippen molar-refractivity contribution in [3.05, 3.63) is 72.3 Å². The first-order valence-electron chi connectivity index (χ1n) is 9.32. The van der Waals surface area contributed by atoms with Crippen molar-refractivity contribution in [1.29, 1.82) is 0 Å². The summed E-state index contributed by atoms with van der Waals surface area (Å²) in [4.78, 5) is 16.9. The van der Waals surface area contributed by atoms with Crippen LogP contribution in [-0.4, -0.2) is 34.2 Å². The number of carbonyl (C=O) groups excluding carboxylic acids is 1. The van der Waals surface area contributed by atoms with E-state index in [1.165, 1.54) is 17.7 Å². The highest BCUT2D eigenvalue weighted by Crippen LogP contribution is 2.26. The lowest BCUT2D eigenvalue weighted by atomic mass is 10.1. The minimum atomic E-state index is -0.486. The fraction of sp³-hybridized carbons (Fsp3) is 0.136. The van der Waals surface area contributed by atoms with E-state index in [-0.39, 0.29) is 17.4 Å². The zero-order chi connectivity index (χ0) is 21.1. The lowest BCUT2D eigenvalue weighted by Gasteiger charge is -2.07. The molecule has 0 aliphatic carbocycles. The number of carbonyl (C=O) groups is 1. The van der Waals surface area contributed by atoms with E-state index in [1.54, 1.807) is 54.7 Å². The predicted molar refractivity (Wildman–Crippen MR) is 110 cm³/mol. The first-order valence-corrected chi connectivity index (χ1v) is 9.32. The van der Waals surface area contributed by atoms with Crippen LogP contribution in [0.3, 0.4) is 0 Å². The average Bonchev–Trinajstić information content (AvgIpc) is 3.20. The molecular weight excluding hydrogens is 387 g/mol. The molecule has 8 heteroatoms. The van der Waals surface area contributed by atoms with E-state index in [0.717, 1.165) is 5.75 Å². The summed E-state index contributed by atoms with van der Waals surface area (Å²) in [5, 5.41) is 7.17. The Bertz CT molecular complexity index is 1200. The molecule has 2 heterocycles.